The monoisotopic (exact) mass is 1560 g/mol. The van der Waals surface area contributed by atoms with Gasteiger partial charge < -0.3 is 29.4 Å². The molecule has 0 aliphatic rings. The van der Waals surface area contributed by atoms with Crippen molar-refractivity contribution in [3.63, 3.8) is 0 Å². The fraction of sp³-hybridized carbons (Fsp3) is 0.0172. The highest BCUT2D eigenvalue weighted by Gasteiger charge is 2.40. The van der Waals surface area contributed by atoms with Crippen LogP contribution in [0, 0.1) is 0 Å². The summed E-state index contributed by atoms with van der Waals surface area (Å²) in [5, 5.41) is 0. The molecule has 0 aromatic heterocycles. The molecule has 0 radical (unpaired) electrons. The van der Waals surface area contributed by atoms with Crippen molar-refractivity contribution in [1.29, 1.82) is 0 Å². The van der Waals surface area contributed by atoms with Crippen LogP contribution >= 0.6 is 0 Å². The molecule has 0 amide bonds. The molecule has 0 aliphatic heterocycles. The predicted octanol–water partition coefficient (Wildman–Crippen LogP) is 31.3. The summed E-state index contributed by atoms with van der Waals surface area (Å²) in [4.78, 5) is 14.0. The van der Waals surface area contributed by atoms with E-state index in [0.717, 1.165) is 102 Å². The van der Waals surface area contributed by atoms with Crippen molar-refractivity contribution < 1.29 is 0 Å². The lowest BCUT2D eigenvalue weighted by molar-refractivity contribution is 0.745. The molecule has 0 atom stereocenters. The maximum atomic E-state index is 2.35. The topological polar surface area (TPSA) is 19.4 Å². The maximum absolute atomic E-state index is 2.35. The molecule has 19 aromatic rings. The average Bonchev–Trinajstić information content (AvgIpc) is 0.735. The van der Waals surface area contributed by atoms with E-state index >= 15 is 0 Å². The Morgan fingerprint density at radius 2 is 0.164 bits per heavy atom. The van der Waals surface area contributed by atoms with Crippen LogP contribution in [0.4, 0.5) is 102 Å². The largest absolute Gasteiger partial charge is 0.311 e. The molecule has 19 aromatic carbocycles. The van der Waals surface area contributed by atoms with E-state index in [9.17, 15) is 0 Å². The van der Waals surface area contributed by atoms with Crippen LogP contribution in [0.2, 0.25) is 0 Å². The van der Waals surface area contributed by atoms with Gasteiger partial charge in [-0.15, -0.1) is 0 Å². The number of hydrogen-bond donors (Lipinski definition) is 0. The second kappa shape index (κ2) is 35.0. The van der Waals surface area contributed by atoms with Crippen molar-refractivity contribution in [2.24, 2.45) is 0 Å². The fourth-order valence-corrected chi connectivity index (χ4v) is 17.7. The quantitative estimate of drug-likeness (QED) is 0.0500. The minimum Gasteiger partial charge on any atom is -0.311 e. The van der Waals surface area contributed by atoms with Gasteiger partial charge in [-0.2, -0.15) is 0 Å². The van der Waals surface area contributed by atoms with Gasteiger partial charge in [0.2, 0.25) is 0 Å². The number of hydrogen-bond acceptors (Lipinski definition) is 6. The zero-order valence-electron chi connectivity index (χ0n) is 67.5. The van der Waals surface area contributed by atoms with Gasteiger partial charge in [-0.1, -0.05) is 315 Å². The number of para-hydroxylation sites is 6. The van der Waals surface area contributed by atoms with Crippen LogP contribution in [-0.2, 0) is 10.8 Å². The normalized spacial score (nSPS) is 11.3. The Labute approximate surface area is 716 Å². The average molecular weight is 1570 g/mol. The molecule has 0 heterocycles. The molecular formula is C116H88N6. The van der Waals surface area contributed by atoms with Crippen molar-refractivity contribution >= 4 is 102 Å². The number of anilines is 18. The molecule has 0 spiro atoms. The molecule has 0 aliphatic carbocycles. The van der Waals surface area contributed by atoms with E-state index in [1.807, 2.05) is 0 Å². The Kier molecular flexibility index (Phi) is 21.8. The van der Waals surface area contributed by atoms with Crippen LogP contribution in [0.15, 0.2) is 534 Å². The first-order chi connectivity index (χ1) is 60.5. The molecular weight excluding hydrogens is 1480 g/mol. The molecule has 0 unspecified atom stereocenters. The minimum absolute atomic E-state index is 0.568. The summed E-state index contributed by atoms with van der Waals surface area (Å²) in [7, 11) is 0. The lowest BCUT2D eigenvalue weighted by atomic mass is 9.65. The first-order valence-corrected chi connectivity index (χ1v) is 41.7. The molecule has 0 fully saturated rings. The smallest absolute Gasteiger partial charge is 0.0701 e. The summed E-state index contributed by atoms with van der Waals surface area (Å²) >= 11 is 0. The van der Waals surface area contributed by atoms with E-state index in [-0.39, 0.29) is 0 Å². The van der Waals surface area contributed by atoms with Gasteiger partial charge in [-0.25, -0.2) is 0 Å². The minimum atomic E-state index is -0.568. The van der Waals surface area contributed by atoms with E-state index in [1.54, 1.807) is 0 Å². The molecule has 122 heavy (non-hydrogen) atoms. The summed E-state index contributed by atoms with van der Waals surface area (Å²) in [6, 6.07) is 193. The van der Waals surface area contributed by atoms with Gasteiger partial charge >= 0.3 is 0 Å². The number of nitrogens with zero attached hydrogens (tertiary/aromatic N) is 6. The highest BCUT2D eigenvalue weighted by Crippen LogP contribution is 2.51. The SMILES string of the molecule is c1ccc(N(c2ccc(N(c3ccccc3)c3ccc(N(c4ccccc4)c4ccc(N(c5ccccc5)c5ccc(C(c6ccccc6)(c6ccccc6)c6ccccc6)cc5)cc4)cc3)cc2)c2ccc(N(c3ccccc3)c3ccc(N(c4ccccc4)c4ccc(C(c5ccccc5)(c5ccccc5)c5ccccc5)cc4)cc3)cc2)cc1. The molecule has 6 heteroatoms. The molecule has 0 saturated carbocycles. The third kappa shape index (κ3) is 15.1. The summed E-state index contributed by atoms with van der Waals surface area (Å²) in [6.45, 7) is 0. The molecule has 0 saturated heterocycles. The highest BCUT2D eigenvalue weighted by atomic mass is 15.2. The van der Waals surface area contributed by atoms with Gasteiger partial charge in [0.05, 0.1) is 10.8 Å². The Balaban J connectivity index is 0.611. The maximum Gasteiger partial charge on any atom is 0.0701 e. The standard InChI is InChI=1S/C116H88N6/c1-13-37-89(38-14-1)115(90-39-15-2-16-40-90,91-41-17-3-18-42-91)95-61-65-103(66-62-95)117(97-49-25-7-26-50-97)105-69-73-107(74-70-105)119(99-53-29-9-30-54-99)109-77-81-111(82-78-109)121(101-57-33-11-34-58-101)113-85-87-114(88-86-113)122(102-59-35-12-36-60-102)112-83-79-110(80-84-112)120(100-55-31-10-32-56-100)108-75-71-106(72-76-108)118(98-51-27-8-28-52-98)104-67-63-96(64-68-104)116(92-43-19-4-20-44-92,93-45-21-5-22-46-93)94-47-23-6-24-48-94/h1-88H. The van der Waals surface area contributed by atoms with Crippen LogP contribution in [0.3, 0.4) is 0 Å². The van der Waals surface area contributed by atoms with Crippen molar-refractivity contribution in [1.82, 2.24) is 0 Å². The summed E-state index contributed by atoms with van der Waals surface area (Å²) in [5.74, 6) is 0. The van der Waals surface area contributed by atoms with E-state index in [2.05, 4.69) is 563 Å². The third-order valence-corrected chi connectivity index (χ3v) is 23.3. The van der Waals surface area contributed by atoms with E-state index in [1.165, 1.54) is 44.5 Å². The molecule has 0 N–H and O–H groups in total. The van der Waals surface area contributed by atoms with Gasteiger partial charge in [-0.05, 0) is 263 Å². The van der Waals surface area contributed by atoms with Crippen LogP contribution in [0.1, 0.15) is 44.5 Å². The zero-order valence-corrected chi connectivity index (χ0v) is 67.5. The lowest BCUT2D eigenvalue weighted by Gasteiger charge is -2.37. The van der Waals surface area contributed by atoms with E-state index in [4.69, 9.17) is 0 Å². The second-order valence-electron chi connectivity index (χ2n) is 30.4. The molecule has 6 nitrogen and oxygen atoms in total. The van der Waals surface area contributed by atoms with Gasteiger partial charge in [0.1, 0.15) is 0 Å². The Hall–Kier alpha value is -16.0. The number of benzene rings is 19. The van der Waals surface area contributed by atoms with Gasteiger partial charge in [0.25, 0.3) is 0 Å². The summed E-state index contributed by atoms with van der Waals surface area (Å²) in [6.07, 6.45) is 0. The highest BCUT2D eigenvalue weighted by molar-refractivity contribution is 5.88. The third-order valence-electron chi connectivity index (χ3n) is 23.3. The van der Waals surface area contributed by atoms with Crippen molar-refractivity contribution in [3.8, 4) is 0 Å². The summed E-state index contributed by atoms with van der Waals surface area (Å²) in [5.41, 5.74) is 27.2. The van der Waals surface area contributed by atoms with E-state index in [0.29, 0.717) is 0 Å². The zero-order chi connectivity index (χ0) is 81.7. The fourth-order valence-electron chi connectivity index (χ4n) is 17.7. The van der Waals surface area contributed by atoms with Crippen molar-refractivity contribution in [2.75, 3.05) is 29.4 Å². The Bertz CT molecular complexity index is 5920. The number of rotatable bonds is 26. The predicted molar refractivity (Wildman–Crippen MR) is 511 cm³/mol. The first-order valence-electron chi connectivity index (χ1n) is 41.7. The Morgan fingerprint density at radius 1 is 0.0820 bits per heavy atom. The lowest BCUT2D eigenvalue weighted by Crippen LogP contribution is -2.31. The van der Waals surface area contributed by atoms with Crippen molar-refractivity contribution in [3.05, 3.63) is 578 Å². The van der Waals surface area contributed by atoms with Gasteiger partial charge in [-0.3, -0.25) is 0 Å². The van der Waals surface area contributed by atoms with Crippen LogP contribution in [0.5, 0.6) is 0 Å². The second-order valence-corrected chi connectivity index (χ2v) is 30.4. The van der Waals surface area contributed by atoms with Crippen LogP contribution in [0.25, 0.3) is 0 Å². The first kappa shape index (κ1) is 76.0. The molecule has 582 valence electrons. The Morgan fingerprint density at radius 3 is 0.279 bits per heavy atom. The van der Waals surface area contributed by atoms with Crippen LogP contribution in [-0.4, -0.2) is 0 Å². The summed E-state index contributed by atoms with van der Waals surface area (Å²) < 4.78 is 0. The van der Waals surface area contributed by atoms with E-state index < -0.39 is 10.8 Å². The van der Waals surface area contributed by atoms with Crippen LogP contribution < -0.4 is 29.4 Å². The van der Waals surface area contributed by atoms with Gasteiger partial charge in [0.15, 0.2) is 0 Å². The van der Waals surface area contributed by atoms with Gasteiger partial charge in [0, 0.05) is 102 Å². The van der Waals surface area contributed by atoms with Crippen molar-refractivity contribution in [2.45, 2.75) is 10.8 Å². The molecule has 0 bridgehead atoms. The molecule has 19 rings (SSSR count).